The Morgan fingerprint density at radius 3 is 2.72 bits per heavy atom. The number of methoxy groups -OCH3 is 2. The molecule has 7 nitrogen and oxygen atoms in total. The van der Waals surface area contributed by atoms with Crippen LogP contribution in [0.25, 0.3) is 21.6 Å². The Morgan fingerprint density at radius 2 is 1.94 bits per heavy atom. The van der Waals surface area contributed by atoms with E-state index in [4.69, 9.17) is 14.5 Å². The molecule has 2 aromatic carbocycles. The number of fused-ring (bicyclic) bond motifs is 1. The Balaban J connectivity index is 1.45. The maximum atomic E-state index is 13.5. The molecule has 0 spiro atoms. The number of nitrogens with one attached hydrogen (secondary N) is 1. The van der Waals surface area contributed by atoms with Gasteiger partial charge in [0.25, 0.3) is 5.91 Å². The second kappa shape index (κ2) is 8.27. The van der Waals surface area contributed by atoms with Crippen LogP contribution in [0.1, 0.15) is 40.1 Å². The van der Waals surface area contributed by atoms with Gasteiger partial charge in [0.1, 0.15) is 15.7 Å². The van der Waals surface area contributed by atoms with Crippen LogP contribution in [0.4, 0.5) is 0 Å². The highest BCUT2D eigenvalue weighted by atomic mass is 32.1. The fraction of sp³-hybridized carbons (Fsp3) is 0.292. The van der Waals surface area contributed by atoms with Gasteiger partial charge in [0.15, 0.2) is 11.5 Å². The van der Waals surface area contributed by atoms with Gasteiger partial charge in [-0.3, -0.25) is 4.79 Å². The van der Waals surface area contributed by atoms with Crippen molar-refractivity contribution in [2.24, 2.45) is 0 Å². The SMILES string of the molecule is COc1ccc(-c2nc(C)c(C(=O)N3CCC[C@@H]3c3nc4ccccc4[nH]3)s2)cc1OC. The van der Waals surface area contributed by atoms with Crippen molar-refractivity contribution >= 4 is 28.3 Å². The summed E-state index contributed by atoms with van der Waals surface area (Å²) < 4.78 is 10.7. The highest BCUT2D eigenvalue weighted by molar-refractivity contribution is 7.17. The molecule has 32 heavy (non-hydrogen) atoms. The number of nitrogens with zero attached hydrogens (tertiary/aromatic N) is 3. The first kappa shape index (κ1) is 20.5. The molecule has 1 atom stereocenters. The topological polar surface area (TPSA) is 80.3 Å². The molecule has 0 saturated carbocycles. The Hall–Kier alpha value is -3.39. The first-order valence-corrected chi connectivity index (χ1v) is 11.4. The molecule has 0 bridgehead atoms. The van der Waals surface area contributed by atoms with Crippen LogP contribution >= 0.6 is 11.3 Å². The summed E-state index contributed by atoms with van der Waals surface area (Å²) in [5.41, 5.74) is 3.54. The van der Waals surface area contributed by atoms with E-state index in [0.717, 1.165) is 46.0 Å². The molecule has 0 unspecified atom stereocenters. The number of ether oxygens (including phenoxy) is 2. The molecule has 0 radical (unpaired) electrons. The molecule has 4 aromatic rings. The van der Waals surface area contributed by atoms with Crippen molar-refractivity contribution in [2.75, 3.05) is 20.8 Å². The molecule has 1 aliphatic heterocycles. The number of likely N-dealkylation sites (tertiary alicyclic amines) is 1. The fourth-order valence-electron chi connectivity index (χ4n) is 4.24. The number of aromatic amines is 1. The number of amides is 1. The van der Waals surface area contributed by atoms with Crippen LogP contribution in [0.15, 0.2) is 42.5 Å². The summed E-state index contributed by atoms with van der Waals surface area (Å²) in [4.78, 5) is 29.0. The monoisotopic (exact) mass is 448 g/mol. The highest BCUT2D eigenvalue weighted by Crippen LogP contribution is 2.38. The number of rotatable bonds is 5. The smallest absolute Gasteiger partial charge is 0.266 e. The molecule has 5 rings (SSSR count). The molecule has 3 heterocycles. The Bertz CT molecular complexity index is 1260. The maximum Gasteiger partial charge on any atom is 0.266 e. The number of imidazole rings is 1. The summed E-state index contributed by atoms with van der Waals surface area (Å²) in [5.74, 6) is 2.15. The molecule has 1 amide bonds. The van der Waals surface area contributed by atoms with E-state index in [9.17, 15) is 4.79 Å². The summed E-state index contributed by atoms with van der Waals surface area (Å²) in [6.07, 6.45) is 1.85. The number of hydrogen-bond donors (Lipinski definition) is 1. The van der Waals surface area contributed by atoms with Crippen molar-refractivity contribution in [2.45, 2.75) is 25.8 Å². The van der Waals surface area contributed by atoms with E-state index in [1.807, 2.05) is 54.3 Å². The summed E-state index contributed by atoms with van der Waals surface area (Å²) in [6, 6.07) is 13.6. The second-order valence-electron chi connectivity index (χ2n) is 7.80. The third-order valence-electron chi connectivity index (χ3n) is 5.86. The van der Waals surface area contributed by atoms with Crippen molar-refractivity contribution in [3.8, 4) is 22.1 Å². The number of benzene rings is 2. The predicted molar refractivity (Wildman–Crippen MR) is 124 cm³/mol. The number of para-hydroxylation sites is 2. The zero-order valence-electron chi connectivity index (χ0n) is 18.2. The maximum absolute atomic E-state index is 13.5. The number of thiazole rings is 1. The Labute approximate surface area is 190 Å². The number of carbonyl (C=O) groups is 1. The van der Waals surface area contributed by atoms with E-state index in [-0.39, 0.29) is 11.9 Å². The van der Waals surface area contributed by atoms with Gasteiger partial charge in [-0.1, -0.05) is 12.1 Å². The van der Waals surface area contributed by atoms with E-state index in [0.29, 0.717) is 22.9 Å². The van der Waals surface area contributed by atoms with Gasteiger partial charge in [-0.15, -0.1) is 11.3 Å². The van der Waals surface area contributed by atoms with E-state index in [2.05, 4.69) is 9.97 Å². The van der Waals surface area contributed by atoms with E-state index in [1.54, 1.807) is 14.2 Å². The van der Waals surface area contributed by atoms with Gasteiger partial charge in [0, 0.05) is 12.1 Å². The van der Waals surface area contributed by atoms with Gasteiger partial charge in [0.2, 0.25) is 0 Å². The van der Waals surface area contributed by atoms with Crippen molar-refractivity contribution in [3.05, 3.63) is 58.9 Å². The van der Waals surface area contributed by atoms with E-state index >= 15 is 0 Å². The molecule has 1 fully saturated rings. The first-order valence-electron chi connectivity index (χ1n) is 10.5. The molecule has 0 aliphatic carbocycles. The zero-order chi connectivity index (χ0) is 22.2. The van der Waals surface area contributed by atoms with Gasteiger partial charge in [0.05, 0.1) is 37.0 Å². The molecular formula is C24H24N4O3S. The van der Waals surface area contributed by atoms with Gasteiger partial charge in [-0.25, -0.2) is 9.97 Å². The van der Waals surface area contributed by atoms with E-state index in [1.165, 1.54) is 11.3 Å². The number of hydrogen-bond acceptors (Lipinski definition) is 6. The third kappa shape index (κ3) is 3.50. The molecule has 8 heteroatoms. The molecule has 164 valence electrons. The summed E-state index contributed by atoms with van der Waals surface area (Å²) in [7, 11) is 3.21. The quantitative estimate of drug-likeness (QED) is 0.465. The highest BCUT2D eigenvalue weighted by Gasteiger charge is 2.34. The van der Waals surface area contributed by atoms with Crippen molar-refractivity contribution in [1.29, 1.82) is 0 Å². The number of aryl methyl sites for hydroxylation is 1. The molecular weight excluding hydrogens is 424 g/mol. The minimum atomic E-state index is -0.0547. The lowest BCUT2D eigenvalue weighted by atomic mass is 10.2. The minimum Gasteiger partial charge on any atom is -0.493 e. The van der Waals surface area contributed by atoms with Crippen LogP contribution in [0.5, 0.6) is 11.5 Å². The third-order valence-corrected chi connectivity index (χ3v) is 7.05. The lowest BCUT2D eigenvalue weighted by Gasteiger charge is -2.22. The van der Waals surface area contributed by atoms with Gasteiger partial charge >= 0.3 is 0 Å². The molecule has 1 aliphatic rings. The first-order chi connectivity index (χ1) is 15.6. The van der Waals surface area contributed by atoms with Crippen LogP contribution in [-0.4, -0.2) is 46.5 Å². The van der Waals surface area contributed by atoms with Crippen molar-refractivity contribution < 1.29 is 14.3 Å². The van der Waals surface area contributed by atoms with Crippen LogP contribution in [0.2, 0.25) is 0 Å². The van der Waals surface area contributed by atoms with Crippen LogP contribution in [-0.2, 0) is 0 Å². The van der Waals surface area contributed by atoms with Crippen LogP contribution in [0, 0.1) is 6.92 Å². The summed E-state index contributed by atoms with van der Waals surface area (Å²) >= 11 is 1.41. The van der Waals surface area contributed by atoms with Crippen molar-refractivity contribution in [1.82, 2.24) is 19.9 Å². The fourth-order valence-corrected chi connectivity index (χ4v) is 5.26. The Kier molecular flexibility index (Phi) is 5.30. The lowest BCUT2D eigenvalue weighted by molar-refractivity contribution is 0.0734. The number of H-pyrrole nitrogens is 1. The summed E-state index contributed by atoms with van der Waals surface area (Å²) in [6.45, 7) is 2.60. The normalized spacial score (nSPS) is 16.0. The van der Waals surface area contributed by atoms with E-state index < -0.39 is 0 Å². The van der Waals surface area contributed by atoms with Crippen LogP contribution < -0.4 is 9.47 Å². The van der Waals surface area contributed by atoms with Crippen molar-refractivity contribution in [3.63, 3.8) is 0 Å². The molecule has 2 aromatic heterocycles. The lowest BCUT2D eigenvalue weighted by Crippen LogP contribution is -2.31. The average molecular weight is 449 g/mol. The standard InChI is InChI=1S/C24H24N4O3S/c1-14-21(32-23(25-14)15-10-11-19(30-2)20(13-15)31-3)24(29)28-12-6-9-18(28)22-26-16-7-4-5-8-17(16)27-22/h4-5,7-8,10-11,13,18H,6,9,12H2,1-3H3,(H,26,27)/t18-/m1/s1. The van der Waals surface area contributed by atoms with Gasteiger partial charge in [-0.05, 0) is 50.1 Å². The zero-order valence-corrected chi connectivity index (χ0v) is 19.0. The van der Waals surface area contributed by atoms with Crippen LogP contribution in [0.3, 0.4) is 0 Å². The van der Waals surface area contributed by atoms with Gasteiger partial charge in [-0.2, -0.15) is 0 Å². The second-order valence-corrected chi connectivity index (χ2v) is 8.80. The molecule has 1 saturated heterocycles. The molecule has 1 N–H and O–H groups in total. The Morgan fingerprint density at radius 1 is 1.12 bits per heavy atom. The summed E-state index contributed by atoms with van der Waals surface area (Å²) in [5, 5.41) is 0.784. The van der Waals surface area contributed by atoms with Gasteiger partial charge < -0.3 is 19.4 Å². The minimum absolute atomic E-state index is 0.00897. The largest absolute Gasteiger partial charge is 0.493 e. The number of aromatic nitrogens is 3. The average Bonchev–Trinajstić information content (AvgIpc) is 3.55. The number of carbonyl (C=O) groups excluding carboxylic acids is 1. The predicted octanol–water partition coefficient (Wildman–Crippen LogP) is 4.99.